The number of nitrogens with one attached hydrogen (secondary N) is 1. The van der Waals surface area contributed by atoms with E-state index in [-0.39, 0.29) is 0 Å². The van der Waals surface area contributed by atoms with Crippen molar-refractivity contribution in [1.29, 1.82) is 0 Å². The first kappa shape index (κ1) is 18.7. The van der Waals surface area contributed by atoms with E-state index in [0.717, 1.165) is 57.2 Å². The van der Waals surface area contributed by atoms with Gasteiger partial charge in [0.05, 0.1) is 0 Å². The van der Waals surface area contributed by atoms with Crippen molar-refractivity contribution in [3.8, 4) is 0 Å². The molecule has 2 heterocycles. The van der Waals surface area contributed by atoms with Crippen LogP contribution in [0, 0.1) is 0 Å². The van der Waals surface area contributed by atoms with Crippen LogP contribution in [0.1, 0.15) is 64.0 Å². The highest BCUT2D eigenvalue weighted by Gasteiger charge is 2.14. The third-order valence-electron chi connectivity index (χ3n) is 4.55. The van der Waals surface area contributed by atoms with Crippen molar-refractivity contribution in [2.45, 2.75) is 71.8 Å². The lowest BCUT2D eigenvalue weighted by Gasteiger charge is -2.21. The highest BCUT2D eigenvalue weighted by Crippen LogP contribution is 2.15. The first-order valence-corrected chi connectivity index (χ1v) is 9.66. The zero-order valence-electron chi connectivity index (χ0n) is 15.7. The Morgan fingerprint density at radius 2 is 2.08 bits per heavy atom. The van der Waals surface area contributed by atoms with Crippen molar-refractivity contribution in [2.24, 2.45) is 4.99 Å². The molecule has 1 N–H and O–H groups in total. The van der Waals surface area contributed by atoms with Gasteiger partial charge in [0.15, 0.2) is 5.96 Å². The first-order valence-electron chi connectivity index (χ1n) is 9.66. The summed E-state index contributed by atoms with van der Waals surface area (Å²) in [6.07, 6.45) is 9.29. The molecule has 0 unspecified atom stereocenters. The summed E-state index contributed by atoms with van der Waals surface area (Å²) < 4.78 is 2.34. The van der Waals surface area contributed by atoms with E-state index in [1.54, 1.807) is 0 Å². The van der Waals surface area contributed by atoms with E-state index < -0.39 is 0 Å². The number of aryl methyl sites for hydroxylation is 2. The van der Waals surface area contributed by atoms with Crippen LogP contribution in [-0.4, -0.2) is 52.3 Å². The van der Waals surface area contributed by atoms with E-state index >= 15 is 0 Å². The smallest absolute Gasteiger partial charge is 0.193 e. The van der Waals surface area contributed by atoms with Crippen LogP contribution in [0.15, 0.2) is 4.99 Å². The van der Waals surface area contributed by atoms with Gasteiger partial charge in [-0.1, -0.05) is 19.8 Å². The largest absolute Gasteiger partial charge is 0.357 e. The van der Waals surface area contributed by atoms with Gasteiger partial charge in [-0.2, -0.15) is 0 Å². The van der Waals surface area contributed by atoms with Gasteiger partial charge >= 0.3 is 0 Å². The van der Waals surface area contributed by atoms with E-state index in [1.807, 2.05) is 0 Å². The summed E-state index contributed by atoms with van der Waals surface area (Å²) in [6.45, 7) is 8.23. The molecule has 0 aliphatic carbocycles. The van der Waals surface area contributed by atoms with Crippen LogP contribution in [0.5, 0.6) is 0 Å². The molecule has 0 radical (unpaired) electrons. The molecule has 6 nitrogen and oxygen atoms in total. The maximum absolute atomic E-state index is 4.77. The molecule has 1 aromatic rings. The predicted octanol–water partition coefficient (Wildman–Crippen LogP) is 2.63. The van der Waals surface area contributed by atoms with Gasteiger partial charge in [-0.15, -0.1) is 10.2 Å². The van der Waals surface area contributed by atoms with Crippen LogP contribution in [-0.2, 0) is 19.4 Å². The highest BCUT2D eigenvalue weighted by molar-refractivity contribution is 5.79. The zero-order chi connectivity index (χ0) is 17.2. The maximum Gasteiger partial charge on any atom is 0.193 e. The maximum atomic E-state index is 4.77. The monoisotopic (exact) mass is 334 g/mol. The van der Waals surface area contributed by atoms with Crippen molar-refractivity contribution in [1.82, 2.24) is 25.0 Å². The lowest BCUT2D eigenvalue weighted by Crippen LogP contribution is -2.39. The summed E-state index contributed by atoms with van der Waals surface area (Å²) in [7, 11) is 2.12. The van der Waals surface area contributed by atoms with Crippen LogP contribution in [0.4, 0.5) is 0 Å². The average molecular weight is 335 g/mol. The lowest BCUT2D eigenvalue weighted by molar-refractivity contribution is 0.464. The summed E-state index contributed by atoms with van der Waals surface area (Å²) in [5.74, 6) is 3.34. The fourth-order valence-corrected chi connectivity index (χ4v) is 3.12. The molecule has 1 aliphatic rings. The van der Waals surface area contributed by atoms with Gasteiger partial charge in [0, 0.05) is 46.1 Å². The zero-order valence-corrected chi connectivity index (χ0v) is 15.7. The molecule has 0 bridgehead atoms. The molecule has 24 heavy (non-hydrogen) atoms. The van der Waals surface area contributed by atoms with Crippen LogP contribution in [0.25, 0.3) is 0 Å². The number of hydrogen-bond donors (Lipinski definition) is 1. The minimum absolute atomic E-state index is 0.834. The molecule has 0 saturated carbocycles. The summed E-state index contributed by atoms with van der Waals surface area (Å²) in [4.78, 5) is 7.00. The molecule has 0 amide bonds. The third kappa shape index (κ3) is 5.49. The van der Waals surface area contributed by atoms with Crippen LogP contribution in [0.3, 0.4) is 0 Å². The number of rotatable bonds is 8. The van der Waals surface area contributed by atoms with Crippen LogP contribution in [0.2, 0.25) is 0 Å². The molecular weight excluding hydrogens is 300 g/mol. The number of fused-ring (bicyclic) bond motifs is 1. The van der Waals surface area contributed by atoms with Crippen LogP contribution >= 0.6 is 0 Å². The van der Waals surface area contributed by atoms with Gasteiger partial charge in [-0.05, 0) is 32.6 Å². The van der Waals surface area contributed by atoms with E-state index in [2.05, 4.69) is 45.9 Å². The van der Waals surface area contributed by atoms with Crippen molar-refractivity contribution >= 4 is 5.96 Å². The minimum atomic E-state index is 0.834. The van der Waals surface area contributed by atoms with Crippen LogP contribution < -0.4 is 5.32 Å². The topological polar surface area (TPSA) is 58.3 Å². The number of nitrogens with zero attached hydrogens (tertiary/aromatic N) is 5. The van der Waals surface area contributed by atoms with Gasteiger partial charge in [-0.3, -0.25) is 4.99 Å². The van der Waals surface area contributed by atoms with E-state index in [0.29, 0.717) is 0 Å². The summed E-state index contributed by atoms with van der Waals surface area (Å²) in [5, 5.41) is 12.2. The summed E-state index contributed by atoms with van der Waals surface area (Å²) in [5.41, 5.74) is 0. The number of unbranched alkanes of at least 4 members (excludes halogenated alkanes) is 1. The Hall–Kier alpha value is -1.59. The number of aromatic nitrogens is 3. The quantitative estimate of drug-likeness (QED) is 0.451. The average Bonchev–Trinajstić information content (AvgIpc) is 2.81. The molecule has 0 spiro atoms. The van der Waals surface area contributed by atoms with Crippen molar-refractivity contribution in [2.75, 3.05) is 26.7 Å². The van der Waals surface area contributed by atoms with Crippen molar-refractivity contribution in [3.63, 3.8) is 0 Å². The van der Waals surface area contributed by atoms with Crippen molar-refractivity contribution in [3.05, 3.63) is 11.6 Å². The Bertz CT molecular complexity index is 508. The summed E-state index contributed by atoms with van der Waals surface area (Å²) >= 11 is 0. The number of aliphatic imine (C=N–C) groups is 1. The second kappa shape index (κ2) is 10.3. The fourth-order valence-electron chi connectivity index (χ4n) is 3.12. The lowest BCUT2D eigenvalue weighted by atomic mass is 10.2. The molecule has 0 saturated heterocycles. The predicted molar refractivity (Wildman–Crippen MR) is 99.4 cm³/mol. The molecule has 6 heteroatoms. The van der Waals surface area contributed by atoms with E-state index in [9.17, 15) is 0 Å². The molecular formula is C18H34N6. The molecule has 0 aromatic carbocycles. The minimum Gasteiger partial charge on any atom is -0.357 e. The number of hydrogen-bond acceptors (Lipinski definition) is 3. The Morgan fingerprint density at radius 1 is 1.21 bits per heavy atom. The van der Waals surface area contributed by atoms with Gasteiger partial charge in [0.1, 0.15) is 11.6 Å². The molecule has 136 valence electrons. The van der Waals surface area contributed by atoms with Gasteiger partial charge < -0.3 is 14.8 Å². The Kier molecular flexibility index (Phi) is 8.05. The molecule has 1 aromatic heterocycles. The second-order valence-corrected chi connectivity index (χ2v) is 6.61. The first-order chi connectivity index (χ1) is 11.8. The Morgan fingerprint density at radius 3 is 2.88 bits per heavy atom. The summed E-state index contributed by atoms with van der Waals surface area (Å²) in [6, 6.07) is 0. The SMILES string of the molecule is CCCCN(C)C(=NCCCc1nnc2n1CCCCC2)NCC. The highest BCUT2D eigenvalue weighted by atomic mass is 15.3. The second-order valence-electron chi connectivity index (χ2n) is 6.61. The van der Waals surface area contributed by atoms with Gasteiger partial charge in [0.25, 0.3) is 0 Å². The normalized spacial score (nSPS) is 15.0. The van der Waals surface area contributed by atoms with Crippen molar-refractivity contribution < 1.29 is 0 Å². The van der Waals surface area contributed by atoms with E-state index in [1.165, 1.54) is 37.9 Å². The molecule has 0 fully saturated rings. The van der Waals surface area contributed by atoms with Gasteiger partial charge in [-0.25, -0.2) is 0 Å². The fraction of sp³-hybridized carbons (Fsp3) is 0.833. The van der Waals surface area contributed by atoms with Gasteiger partial charge in [0.2, 0.25) is 0 Å². The third-order valence-corrected chi connectivity index (χ3v) is 4.55. The Balaban J connectivity index is 1.84. The number of guanidine groups is 1. The standard InChI is InChI=1S/C18H34N6/c1-4-6-14-23(3)18(19-5-2)20-13-10-12-17-22-21-16-11-8-7-9-15-24(16)17/h4-15H2,1-3H3,(H,19,20). The van der Waals surface area contributed by atoms with E-state index in [4.69, 9.17) is 4.99 Å². The molecule has 1 aliphatic heterocycles. The molecule has 0 atom stereocenters. The molecule has 2 rings (SSSR count). The Labute approximate surface area is 146 Å².